The van der Waals surface area contributed by atoms with Crippen LogP contribution in [-0.4, -0.2) is 41.3 Å². The van der Waals surface area contributed by atoms with Crippen LogP contribution in [0.1, 0.15) is 40.8 Å². The highest BCUT2D eigenvalue weighted by atomic mass is 19.3. The molecule has 0 saturated heterocycles. The lowest BCUT2D eigenvalue weighted by molar-refractivity contribution is 0.152. The first kappa shape index (κ1) is 19.5. The van der Waals surface area contributed by atoms with E-state index in [1.807, 2.05) is 24.0 Å². The summed E-state index contributed by atoms with van der Waals surface area (Å²) in [6.45, 7) is 2.43. The van der Waals surface area contributed by atoms with Gasteiger partial charge in [0.15, 0.2) is 0 Å². The summed E-state index contributed by atoms with van der Waals surface area (Å²) in [4.78, 5) is 13.9. The van der Waals surface area contributed by atoms with E-state index in [1.54, 1.807) is 30.9 Å². The summed E-state index contributed by atoms with van der Waals surface area (Å²) in [5.74, 6) is 0.358. The molecule has 1 unspecified atom stereocenters. The molecule has 0 bridgehead atoms. The van der Waals surface area contributed by atoms with Crippen LogP contribution in [0.4, 0.5) is 14.8 Å². The van der Waals surface area contributed by atoms with Crippen LogP contribution in [0.2, 0.25) is 0 Å². The number of fused-ring (bicyclic) bond motifs is 2. The monoisotopic (exact) mass is 448 g/mol. The molecule has 0 amide bonds. The van der Waals surface area contributed by atoms with Crippen LogP contribution >= 0.6 is 0 Å². The molecule has 11 heteroatoms. The number of anilines is 1. The number of nitrogens with one attached hydrogen (secondary N) is 1. The second-order valence-corrected chi connectivity index (χ2v) is 7.80. The van der Waals surface area contributed by atoms with Crippen LogP contribution in [0.5, 0.6) is 0 Å². The van der Waals surface area contributed by atoms with Crippen LogP contribution in [0.15, 0.2) is 53.5 Å². The standard InChI is InChI=1S/C22H18F2N8O/c1-12-13(4-2-7-25-12)21-28-29-22(33-21)31-9-6-15-18(27-11-26-15)19(31)16-10-17-14(20(23)24)5-3-8-32(17)30-16/h2-5,7-8,10-11,19-20H,6,9H2,1H3,(H,26,27). The van der Waals surface area contributed by atoms with E-state index >= 15 is 0 Å². The number of aromatic amines is 1. The van der Waals surface area contributed by atoms with Crippen LogP contribution in [0, 0.1) is 6.92 Å². The van der Waals surface area contributed by atoms with Gasteiger partial charge in [-0.15, -0.1) is 5.10 Å². The lowest BCUT2D eigenvalue weighted by Crippen LogP contribution is -2.36. The molecule has 0 saturated carbocycles. The van der Waals surface area contributed by atoms with Gasteiger partial charge in [-0.05, 0) is 37.3 Å². The molecule has 6 rings (SSSR count). The van der Waals surface area contributed by atoms with E-state index in [0.29, 0.717) is 36.1 Å². The van der Waals surface area contributed by atoms with E-state index in [0.717, 1.165) is 22.6 Å². The zero-order valence-corrected chi connectivity index (χ0v) is 17.5. The Morgan fingerprint density at radius 2 is 2.09 bits per heavy atom. The van der Waals surface area contributed by atoms with Crippen LogP contribution < -0.4 is 4.90 Å². The molecular formula is C22H18F2N8O. The van der Waals surface area contributed by atoms with Crippen molar-refractivity contribution < 1.29 is 13.2 Å². The smallest absolute Gasteiger partial charge is 0.319 e. The van der Waals surface area contributed by atoms with E-state index in [1.165, 1.54) is 10.6 Å². The van der Waals surface area contributed by atoms with Crippen molar-refractivity contribution in [2.24, 2.45) is 0 Å². The molecule has 0 radical (unpaired) electrons. The zero-order valence-electron chi connectivity index (χ0n) is 17.5. The molecule has 1 aliphatic heterocycles. The van der Waals surface area contributed by atoms with Crippen molar-refractivity contribution in [3.63, 3.8) is 0 Å². The van der Waals surface area contributed by atoms with Crippen LogP contribution in [0.3, 0.4) is 0 Å². The van der Waals surface area contributed by atoms with Gasteiger partial charge >= 0.3 is 6.01 Å². The number of hydrogen-bond donors (Lipinski definition) is 1. The number of rotatable bonds is 4. The topological polar surface area (TPSA) is 101 Å². The highest BCUT2D eigenvalue weighted by Gasteiger charge is 2.36. The molecule has 0 aromatic carbocycles. The van der Waals surface area contributed by atoms with Crippen molar-refractivity contribution in [3.05, 3.63) is 77.4 Å². The summed E-state index contributed by atoms with van der Waals surface area (Å²) in [6.07, 6.45) is 3.06. The predicted molar refractivity (Wildman–Crippen MR) is 114 cm³/mol. The van der Waals surface area contributed by atoms with Crippen molar-refractivity contribution in [1.82, 2.24) is 34.8 Å². The summed E-state index contributed by atoms with van der Waals surface area (Å²) >= 11 is 0. The van der Waals surface area contributed by atoms with Gasteiger partial charge in [-0.25, -0.2) is 18.3 Å². The van der Waals surface area contributed by atoms with E-state index < -0.39 is 12.5 Å². The molecule has 166 valence electrons. The number of H-pyrrole nitrogens is 1. The average Bonchev–Trinajstić information content (AvgIpc) is 3.56. The van der Waals surface area contributed by atoms with Gasteiger partial charge < -0.3 is 14.3 Å². The Labute approximate surface area is 186 Å². The number of aryl methyl sites for hydroxylation is 1. The maximum atomic E-state index is 13.6. The van der Waals surface area contributed by atoms with E-state index in [4.69, 9.17) is 4.42 Å². The number of imidazole rings is 1. The molecule has 5 aromatic rings. The summed E-state index contributed by atoms with van der Waals surface area (Å²) in [7, 11) is 0. The third-order valence-corrected chi connectivity index (χ3v) is 5.89. The normalized spacial score (nSPS) is 16.0. The van der Waals surface area contributed by atoms with Gasteiger partial charge in [0.1, 0.15) is 6.04 Å². The Hall–Kier alpha value is -4.15. The highest BCUT2D eigenvalue weighted by molar-refractivity contribution is 5.59. The first-order chi connectivity index (χ1) is 16.1. The molecule has 5 aromatic heterocycles. The summed E-state index contributed by atoms with van der Waals surface area (Å²) in [5.41, 5.74) is 4.08. The fraction of sp³-hybridized carbons (Fsp3) is 0.227. The first-order valence-electron chi connectivity index (χ1n) is 10.4. The van der Waals surface area contributed by atoms with E-state index in [2.05, 4.69) is 30.2 Å². The molecular weight excluding hydrogens is 430 g/mol. The van der Waals surface area contributed by atoms with Crippen LogP contribution in [-0.2, 0) is 6.42 Å². The molecule has 9 nitrogen and oxygen atoms in total. The molecule has 33 heavy (non-hydrogen) atoms. The van der Waals surface area contributed by atoms with Gasteiger partial charge in [-0.3, -0.25) is 4.98 Å². The molecule has 0 spiro atoms. The van der Waals surface area contributed by atoms with Crippen molar-refractivity contribution in [1.29, 1.82) is 0 Å². The fourth-order valence-electron chi connectivity index (χ4n) is 4.31. The Balaban J connectivity index is 1.46. The van der Waals surface area contributed by atoms with Gasteiger partial charge in [-0.1, -0.05) is 5.10 Å². The van der Waals surface area contributed by atoms with E-state index in [9.17, 15) is 8.78 Å². The minimum Gasteiger partial charge on any atom is -0.403 e. The minimum absolute atomic E-state index is 0.0759. The van der Waals surface area contributed by atoms with Gasteiger partial charge in [0, 0.05) is 42.3 Å². The second-order valence-electron chi connectivity index (χ2n) is 7.80. The molecule has 0 fully saturated rings. The van der Waals surface area contributed by atoms with Gasteiger partial charge in [0.2, 0.25) is 0 Å². The molecule has 0 aliphatic carbocycles. The van der Waals surface area contributed by atoms with Crippen molar-refractivity contribution in [2.45, 2.75) is 25.8 Å². The third-order valence-electron chi connectivity index (χ3n) is 5.89. The Bertz CT molecular complexity index is 1460. The Morgan fingerprint density at radius 3 is 2.94 bits per heavy atom. The Morgan fingerprint density at radius 1 is 1.18 bits per heavy atom. The Kier molecular flexibility index (Phi) is 4.42. The largest absolute Gasteiger partial charge is 0.403 e. The first-order valence-corrected chi connectivity index (χ1v) is 10.4. The molecule has 1 aliphatic rings. The average molecular weight is 448 g/mol. The molecule has 1 atom stereocenters. The fourth-order valence-corrected chi connectivity index (χ4v) is 4.31. The lowest BCUT2D eigenvalue weighted by Gasteiger charge is -2.32. The number of alkyl halides is 2. The number of aromatic nitrogens is 7. The predicted octanol–water partition coefficient (Wildman–Crippen LogP) is 3.90. The van der Waals surface area contributed by atoms with Gasteiger partial charge in [-0.2, -0.15) is 5.10 Å². The number of pyridine rings is 2. The van der Waals surface area contributed by atoms with Crippen molar-refractivity contribution in [2.75, 3.05) is 11.4 Å². The van der Waals surface area contributed by atoms with Crippen molar-refractivity contribution in [3.8, 4) is 11.5 Å². The maximum Gasteiger partial charge on any atom is 0.319 e. The summed E-state index contributed by atoms with van der Waals surface area (Å²) in [5, 5.41) is 13.1. The molecule has 6 heterocycles. The number of halogens is 2. The number of nitrogens with zero attached hydrogens (tertiary/aromatic N) is 7. The van der Waals surface area contributed by atoms with E-state index in [-0.39, 0.29) is 5.56 Å². The lowest BCUT2D eigenvalue weighted by atomic mass is 10.00. The molecule has 1 N–H and O–H groups in total. The second kappa shape index (κ2) is 7.47. The van der Waals surface area contributed by atoms with Gasteiger partial charge in [0.25, 0.3) is 12.3 Å². The summed E-state index contributed by atoms with van der Waals surface area (Å²) < 4.78 is 34.6. The summed E-state index contributed by atoms with van der Waals surface area (Å²) in [6, 6.07) is 8.14. The maximum absolute atomic E-state index is 13.6. The zero-order chi connectivity index (χ0) is 22.5. The highest BCUT2D eigenvalue weighted by Crippen LogP contribution is 2.38. The quantitative estimate of drug-likeness (QED) is 0.445. The van der Waals surface area contributed by atoms with Gasteiger partial charge in [0.05, 0.1) is 28.8 Å². The van der Waals surface area contributed by atoms with Crippen LogP contribution in [0.25, 0.3) is 17.0 Å². The SMILES string of the molecule is Cc1ncccc1-c1nnc(N2CCc3[nH]cnc3C2c2cc3c(C(F)F)cccn3n2)o1. The number of hydrogen-bond acceptors (Lipinski definition) is 7. The third kappa shape index (κ3) is 3.15. The minimum atomic E-state index is -2.61. The van der Waals surface area contributed by atoms with Crippen molar-refractivity contribution >= 4 is 11.5 Å².